The molecule has 3 rings (SSSR count). The second kappa shape index (κ2) is 7.11. The van der Waals surface area contributed by atoms with Crippen LogP contribution in [0.2, 0.25) is 0 Å². The SMILES string of the molecule is Cc1ccc(C(C)C)c(P(c2ccccc2)c2ccccc2)c1. The van der Waals surface area contributed by atoms with Gasteiger partial charge in [-0.1, -0.05) is 98.3 Å². The van der Waals surface area contributed by atoms with Crippen LogP contribution in [0.5, 0.6) is 0 Å². The molecule has 116 valence electrons. The highest BCUT2D eigenvalue weighted by Crippen LogP contribution is 2.36. The summed E-state index contributed by atoms with van der Waals surface area (Å²) in [5.41, 5.74) is 2.80. The molecule has 0 unspecified atom stereocenters. The lowest BCUT2D eigenvalue weighted by Crippen LogP contribution is -2.24. The Bertz CT molecular complexity index is 721. The fourth-order valence-corrected chi connectivity index (χ4v) is 5.64. The van der Waals surface area contributed by atoms with Crippen molar-refractivity contribution in [2.24, 2.45) is 0 Å². The quantitative estimate of drug-likeness (QED) is 0.602. The van der Waals surface area contributed by atoms with Crippen molar-refractivity contribution in [2.45, 2.75) is 26.7 Å². The Morgan fingerprint density at radius 2 is 1.22 bits per heavy atom. The number of aryl methyl sites for hydroxylation is 1. The molecule has 0 saturated heterocycles. The molecule has 0 aliphatic carbocycles. The molecule has 0 bridgehead atoms. The largest absolute Gasteiger partial charge is 0.0622 e. The third kappa shape index (κ3) is 3.54. The average molecular weight is 318 g/mol. The van der Waals surface area contributed by atoms with Gasteiger partial charge in [-0.3, -0.25) is 0 Å². The summed E-state index contributed by atoms with van der Waals surface area (Å²) in [6.45, 7) is 6.77. The van der Waals surface area contributed by atoms with Gasteiger partial charge >= 0.3 is 0 Å². The molecular weight excluding hydrogens is 295 g/mol. The molecule has 0 spiro atoms. The number of hydrogen-bond acceptors (Lipinski definition) is 0. The first-order valence-corrected chi connectivity index (χ1v) is 9.52. The van der Waals surface area contributed by atoms with Gasteiger partial charge in [-0.15, -0.1) is 0 Å². The number of benzene rings is 3. The van der Waals surface area contributed by atoms with Crippen LogP contribution in [0, 0.1) is 6.92 Å². The van der Waals surface area contributed by atoms with Crippen molar-refractivity contribution < 1.29 is 0 Å². The van der Waals surface area contributed by atoms with Crippen LogP contribution < -0.4 is 15.9 Å². The number of hydrogen-bond donors (Lipinski definition) is 0. The first kappa shape index (κ1) is 16.0. The van der Waals surface area contributed by atoms with E-state index in [1.165, 1.54) is 27.0 Å². The molecule has 1 heteroatoms. The van der Waals surface area contributed by atoms with Crippen molar-refractivity contribution in [1.29, 1.82) is 0 Å². The van der Waals surface area contributed by atoms with Crippen LogP contribution in [0.25, 0.3) is 0 Å². The van der Waals surface area contributed by atoms with Gasteiger partial charge in [-0.25, -0.2) is 0 Å². The lowest BCUT2D eigenvalue weighted by atomic mass is 10.0. The van der Waals surface area contributed by atoms with Crippen molar-refractivity contribution in [3.05, 3.63) is 90.0 Å². The van der Waals surface area contributed by atoms with Crippen LogP contribution in [-0.4, -0.2) is 0 Å². The Morgan fingerprint density at radius 1 is 0.696 bits per heavy atom. The molecule has 0 nitrogen and oxygen atoms in total. The molecule has 3 aromatic rings. The lowest BCUT2D eigenvalue weighted by molar-refractivity contribution is 0.873. The summed E-state index contributed by atoms with van der Waals surface area (Å²) < 4.78 is 0. The standard InChI is InChI=1S/C22H23P/c1-17(2)21-15-14-18(3)16-22(21)23(19-10-6-4-7-11-19)20-12-8-5-9-13-20/h4-17H,1-3H3. The van der Waals surface area contributed by atoms with E-state index in [1.807, 2.05) is 0 Å². The van der Waals surface area contributed by atoms with Crippen molar-refractivity contribution in [1.82, 2.24) is 0 Å². The van der Waals surface area contributed by atoms with Gasteiger partial charge in [-0.05, 0) is 42.2 Å². The zero-order chi connectivity index (χ0) is 16.2. The van der Waals surface area contributed by atoms with Gasteiger partial charge in [-0.2, -0.15) is 0 Å². The van der Waals surface area contributed by atoms with E-state index in [0.29, 0.717) is 5.92 Å². The third-order valence-electron chi connectivity index (χ3n) is 4.08. The monoisotopic (exact) mass is 318 g/mol. The molecule has 0 radical (unpaired) electrons. The Labute approximate surface area is 141 Å². The van der Waals surface area contributed by atoms with Crippen LogP contribution in [0.15, 0.2) is 78.9 Å². The van der Waals surface area contributed by atoms with Gasteiger partial charge in [0.25, 0.3) is 0 Å². The Hall–Kier alpha value is -1.91. The Morgan fingerprint density at radius 3 is 1.70 bits per heavy atom. The fourth-order valence-electron chi connectivity index (χ4n) is 2.92. The molecule has 0 heterocycles. The summed E-state index contributed by atoms with van der Waals surface area (Å²) >= 11 is 0. The third-order valence-corrected chi connectivity index (χ3v) is 6.58. The van der Waals surface area contributed by atoms with Gasteiger partial charge in [0.1, 0.15) is 0 Å². The molecule has 0 N–H and O–H groups in total. The summed E-state index contributed by atoms with van der Waals surface area (Å²) in [6, 6.07) is 28.8. The van der Waals surface area contributed by atoms with E-state index < -0.39 is 7.92 Å². The molecule has 0 aliphatic heterocycles. The second-order valence-electron chi connectivity index (χ2n) is 6.22. The number of rotatable bonds is 4. The fraction of sp³-hybridized carbons (Fsp3) is 0.182. The summed E-state index contributed by atoms with van der Waals surface area (Å²) in [6.07, 6.45) is 0. The first-order valence-electron chi connectivity index (χ1n) is 8.17. The zero-order valence-corrected chi connectivity index (χ0v) is 14.9. The van der Waals surface area contributed by atoms with E-state index >= 15 is 0 Å². The van der Waals surface area contributed by atoms with Crippen LogP contribution in [0.4, 0.5) is 0 Å². The second-order valence-corrected chi connectivity index (χ2v) is 8.41. The lowest BCUT2D eigenvalue weighted by Gasteiger charge is -2.24. The molecule has 0 saturated carbocycles. The van der Waals surface area contributed by atoms with E-state index in [-0.39, 0.29) is 0 Å². The molecule has 0 fully saturated rings. The maximum Gasteiger partial charge on any atom is -0.0114 e. The van der Waals surface area contributed by atoms with Gasteiger partial charge in [0, 0.05) is 0 Å². The zero-order valence-electron chi connectivity index (χ0n) is 14.0. The summed E-state index contributed by atoms with van der Waals surface area (Å²) in [4.78, 5) is 0. The topological polar surface area (TPSA) is 0 Å². The van der Waals surface area contributed by atoms with Crippen LogP contribution in [0.1, 0.15) is 30.9 Å². The summed E-state index contributed by atoms with van der Waals surface area (Å²) in [7, 11) is -0.515. The maximum atomic E-state index is 2.39. The molecular formula is C22H23P. The maximum absolute atomic E-state index is 2.39. The van der Waals surface area contributed by atoms with Gasteiger partial charge in [0.05, 0.1) is 0 Å². The van der Waals surface area contributed by atoms with E-state index in [0.717, 1.165) is 0 Å². The molecule has 0 aliphatic rings. The molecule has 0 atom stereocenters. The van der Waals surface area contributed by atoms with Crippen molar-refractivity contribution in [3.8, 4) is 0 Å². The highest BCUT2D eigenvalue weighted by Gasteiger charge is 2.20. The predicted molar refractivity (Wildman–Crippen MR) is 104 cm³/mol. The van der Waals surface area contributed by atoms with E-state index in [9.17, 15) is 0 Å². The Kier molecular flexibility index (Phi) is 4.94. The minimum Gasteiger partial charge on any atom is -0.0622 e. The molecule has 0 aromatic heterocycles. The smallest absolute Gasteiger partial charge is 0.0114 e. The van der Waals surface area contributed by atoms with Crippen molar-refractivity contribution >= 4 is 23.8 Å². The highest BCUT2D eigenvalue weighted by atomic mass is 31.1. The van der Waals surface area contributed by atoms with Crippen LogP contribution in [0.3, 0.4) is 0 Å². The van der Waals surface area contributed by atoms with Crippen molar-refractivity contribution in [2.75, 3.05) is 0 Å². The minimum atomic E-state index is -0.515. The average Bonchev–Trinajstić information content (AvgIpc) is 2.57. The van der Waals surface area contributed by atoms with Crippen LogP contribution >= 0.6 is 7.92 Å². The molecule has 0 amide bonds. The van der Waals surface area contributed by atoms with E-state index in [4.69, 9.17) is 0 Å². The molecule has 23 heavy (non-hydrogen) atoms. The van der Waals surface area contributed by atoms with Gasteiger partial charge in [0.15, 0.2) is 0 Å². The Balaban J connectivity index is 2.23. The summed E-state index contributed by atoms with van der Waals surface area (Å²) in [5.74, 6) is 0.531. The van der Waals surface area contributed by atoms with E-state index in [2.05, 4.69) is 99.6 Å². The normalized spacial score (nSPS) is 11.2. The van der Waals surface area contributed by atoms with Gasteiger partial charge < -0.3 is 0 Å². The molecule has 3 aromatic carbocycles. The predicted octanol–water partition coefficient (Wildman–Crippen LogP) is 4.88. The van der Waals surface area contributed by atoms with Crippen molar-refractivity contribution in [3.63, 3.8) is 0 Å². The van der Waals surface area contributed by atoms with Gasteiger partial charge in [0.2, 0.25) is 0 Å². The highest BCUT2D eigenvalue weighted by molar-refractivity contribution is 7.79. The summed E-state index contributed by atoms with van der Waals surface area (Å²) in [5, 5.41) is 4.33. The van der Waals surface area contributed by atoms with E-state index in [1.54, 1.807) is 0 Å². The van der Waals surface area contributed by atoms with Crippen LogP contribution in [-0.2, 0) is 0 Å². The first-order chi connectivity index (χ1) is 11.2. The minimum absolute atomic E-state index is 0.515.